The molecular formula is C15H19N3O. The van der Waals surface area contributed by atoms with E-state index in [0.717, 1.165) is 28.3 Å². The minimum Gasteiger partial charge on any atom is -0.387 e. The Labute approximate surface area is 113 Å². The molecule has 0 aliphatic carbocycles. The summed E-state index contributed by atoms with van der Waals surface area (Å²) >= 11 is 0. The van der Waals surface area contributed by atoms with Gasteiger partial charge in [0.2, 0.25) is 0 Å². The largest absolute Gasteiger partial charge is 0.387 e. The second-order valence-electron chi connectivity index (χ2n) is 4.70. The Kier molecular flexibility index (Phi) is 4.12. The van der Waals surface area contributed by atoms with Crippen LogP contribution in [0.3, 0.4) is 0 Å². The first-order valence-corrected chi connectivity index (χ1v) is 6.35. The Hall–Kier alpha value is -1.94. The molecule has 0 radical (unpaired) electrons. The number of benzene rings is 1. The highest BCUT2D eigenvalue weighted by molar-refractivity contribution is 5.40. The number of aliphatic hydroxyl groups is 1. The zero-order valence-electron chi connectivity index (χ0n) is 11.5. The molecule has 1 atom stereocenters. The molecule has 19 heavy (non-hydrogen) atoms. The molecule has 0 fully saturated rings. The van der Waals surface area contributed by atoms with Crippen LogP contribution in [0.15, 0.2) is 30.5 Å². The van der Waals surface area contributed by atoms with Gasteiger partial charge < -0.3 is 10.4 Å². The first kappa shape index (κ1) is 13.5. The average molecular weight is 257 g/mol. The van der Waals surface area contributed by atoms with Crippen LogP contribution in [0, 0.1) is 20.8 Å². The molecule has 1 aromatic carbocycles. The summed E-state index contributed by atoms with van der Waals surface area (Å²) in [5.41, 5.74) is 3.72. The summed E-state index contributed by atoms with van der Waals surface area (Å²) in [6.45, 7) is 6.21. The van der Waals surface area contributed by atoms with Gasteiger partial charge in [0.1, 0.15) is 5.82 Å². The number of hydrogen-bond acceptors (Lipinski definition) is 4. The minimum absolute atomic E-state index is 0.420. The highest BCUT2D eigenvalue weighted by atomic mass is 16.3. The molecule has 1 unspecified atom stereocenters. The van der Waals surface area contributed by atoms with E-state index in [2.05, 4.69) is 15.3 Å². The molecule has 0 aliphatic rings. The second kappa shape index (κ2) is 5.80. The SMILES string of the molecule is Cc1cnc(C)c(NCC(O)c2ccccc2C)n1. The van der Waals surface area contributed by atoms with Gasteiger partial charge in [-0.15, -0.1) is 0 Å². The lowest BCUT2D eigenvalue weighted by atomic mass is 10.0. The summed E-state index contributed by atoms with van der Waals surface area (Å²) in [7, 11) is 0. The molecule has 2 rings (SSSR count). The van der Waals surface area contributed by atoms with E-state index in [4.69, 9.17) is 0 Å². The summed E-state index contributed by atoms with van der Waals surface area (Å²) < 4.78 is 0. The van der Waals surface area contributed by atoms with Crippen molar-refractivity contribution in [3.8, 4) is 0 Å². The lowest BCUT2D eigenvalue weighted by molar-refractivity contribution is 0.191. The fourth-order valence-electron chi connectivity index (χ4n) is 1.97. The lowest BCUT2D eigenvalue weighted by Crippen LogP contribution is -2.15. The van der Waals surface area contributed by atoms with E-state index in [1.54, 1.807) is 6.20 Å². The van der Waals surface area contributed by atoms with E-state index in [9.17, 15) is 5.11 Å². The maximum absolute atomic E-state index is 10.2. The summed E-state index contributed by atoms with van der Waals surface area (Å²) in [4.78, 5) is 8.62. The van der Waals surface area contributed by atoms with Gasteiger partial charge in [0, 0.05) is 12.7 Å². The van der Waals surface area contributed by atoms with Crippen molar-refractivity contribution in [3.63, 3.8) is 0 Å². The topological polar surface area (TPSA) is 58.0 Å². The van der Waals surface area contributed by atoms with Crippen molar-refractivity contribution in [2.45, 2.75) is 26.9 Å². The molecule has 2 N–H and O–H groups in total. The fourth-order valence-corrected chi connectivity index (χ4v) is 1.97. The minimum atomic E-state index is -0.553. The Morgan fingerprint density at radius 2 is 1.95 bits per heavy atom. The van der Waals surface area contributed by atoms with Crippen LogP contribution in [-0.4, -0.2) is 21.6 Å². The van der Waals surface area contributed by atoms with E-state index in [0.29, 0.717) is 6.54 Å². The smallest absolute Gasteiger partial charge is 0.147 e. The Morgan fingerprint density at radius 1 is 1.21 bits per heavy atom. The molecule has 0 amide bonds. The number of aryl methyl sites for hydroxylation is 3. The van der Waals surface area contributed by atoms with E-state index < -0.39 is 6.10 Å². The number of nitrogens with one attached hydrogen (secondary N) is 1. The van der Waals surface area contributed by atoms with Gasteiger partial charge in [0.05, 0.1) is 17.5 Å². The van der Waals surface area contributed by atoms with Gasteiger partial charge >= 0.3 is 0 Å². The third-order valence-electron chi connectivity index (χ3n) is 3.09. The predicted molar refractivity (Wildman–Crippen MR) is 76.1 cm³/mol. The van der Waals surface area contributed by atoms with Crippen molar-refractivity contribution < 1.29 is 5.11 Å². The molecule has 1 heterocycles. The van der Waals surface area contributed by atoms with Crippen molar-refractivity contribution in [1.82, 2.24) is 9.97 Å². The van der Waals surface area contributed by atoms with Crippen LogP contribution in [0.2, 0.25) is 0 Å². The van der Waals surface area contributed by atoms with Crippen LogP contribution < -0.4 is 5.32 Å². The van der Waals surface area contributed by atoms with Crippen molar-refractivity contribution in [2.75, 3.05) is 11.9 Å². The predicted octanol–water partition coefficient (Wildman–Crippen LogP) is 2.55. The molecule has 100 valence electrons. The van der Waals surface area contributed by atoms with Crippen molar-refractivity contribution in [1.29, 1.82) is 0 Å². The first-order chi connectivity index (χ1) is 9.08. The van der Waals surface area contributed by atoms with Crippen LogP contribution in [0.1, 0.15) is 28.6 Å². The number of aliphatic hydroxyl groups excluding tert-OH is 1. The maximum Gasteiger partial charge on any atom is 0.147 e. The van der Waals surface area contributed by atoms with Crippen LogP contribution >= 0.6 is 0 Å². The quantitative estimate of drug-likeness (QED) is 0.883. The number of aromatic nitrogens is 2. The number of nitrogens with zero attached hydrogens (tertiary/aromatic N) is 2. The summed E-state index contributed by atoms with van der Waals surface area (Å²) in [5, 5.41) is 13.4. The standard InChI is InChI=1S/C15H19N3O/c1-10-6-4-5-7-13(10)14(19)9-17-15-12(3)16-8-11(2)18-15/h4-8,14,19H,9H2,1-3H3,(H,17,18). The Balaban J connectivity index is 2.06. The molecule has 0 aliphatic heterocycles. The Morgan fingerprint density at radius 3 is 2.68 bits per heavy atom. The van der Waals surface area contributed by atoms with Crippen LogP contribution in [0.25, 0.3) is 0 Å². The van der Waals surface area contributed by atoms with Gasteiger partial charge in [-0.25, -0.2) is 4.98 Å². The molecule has 0 saturated heterocycles. The number of anilines is 1. The Bertz CT molecular complexity index is 569. The second-order valence-corrected chi connectivity index (χ2v) is 4.70. The number of rotatable bonds is 4. The molecule has 2 aromatic rings. The summed E-state index contributed by atoms with van der Waals surface area (Å²) in [5.74, 6) is 0.729. The monoisotopic (exact) mass is 257 g/mol. The third kappa shape index (κ3) is 3.29. The molecule has 4 heteroatoms. The fraction of sp³-hybridized carbons (Fsp3) is 0.333. The van der Waals surface area contributed by atoms with Crippen molar-refractivity contribution in [3.05, 3.63) is 53.0 Å². The van der Waals surface area contributed by atoms with Crippen molar-refractivity contribution >= 4 is 5.82 Å². The van der Waals surface area contributed by atoms with Gasteiger partial charge in [-0.3, -0.25) is 4.98 Å². The third-order valence-corrected chi connectivity index (χ3v) is 3.09. The highest BCUT2D eigenvalue weighted by Crippen LogP contribution is 2.18. The van der Waals surface area contributed by atoms with Crippen LogP contribution in [0.5, 0.6) is 0 Å². The zero-order valence-corrected chi connectivity index (χ0v) is 11.5. The zero-order chi connectivity index (χ0) is 13.8. The van der Waals surface area contributed by atoms with Crippen molar-refractivity contribution in [2.24, 2.45) is 0 Å². The first-order valence-electron chi connectivity index (χ1n) is 6.35. The van der Waals surface area contributed by atoms with E-state index in [1.165, 1.54) is 0 Å². The van der Waals surface area contributed by atoms with Gasteiger partial charge in [0.15, 0.2) is 0 Å². The lowest BCUT2D eigenvalue weighted by Gasteiger charge is -2.15. The molecular weight excluding hydrogens is 238 g/mol. The van der Waals surface area contributed by atoms with Crippen LogP contribution in [-0.2, 0) is 0 Å². The molecule has 1 aromatic heterocycles. The number of hydrogen-bond donors (Lipinski definition) is 2. The molecule has 0 saturated carbocycles. The molecule has 0 spiro atoms. The highest BCUT2D eigenvalue weighted by Gasteiger charge is 2.10. The van der Waals surface area contributed by atoms with E-state index in [-0.39, 0.29) is 0 Å². The van der Waals surface area contributed by atoms with Gasteiger partial charge in [0.25, 0.3) is 0 Å². The average Bonchev–Trinajstić information content (AvgIpc) is 2.40. The van der Waals surface area contributed by atoms with Gasteiger partial charge in [-0.05, 0) is 31.9 Å². The summed E-state index contributed by atoms with van der Waals surface area (Å²) in [6, 6.07) is 7.84. The summed E-state index contributed by atoms with van der Waals surface area (Å²) in [6.07, 6.45) is 1.18. The normalized spacial score (nSPS) is 12.2. The van der Waals surface area contributed by atoms with Crippen LogP contribution in [0.4, 0.5) is 5.82 Å². The van der Waals surface area contributed by atoms with Gasteiger partial charge in [-0.1, -0.05) is 24.3 Å². The van der Waals surface area contributed by atoms with Gasteiger partial charge in [-0.2, -0.15) is 0 Å². The van der Waals surface area contributed by atoms with E-state index in [1.807, 2.05) is 45.0 Å². The van der Waals surface area contributed by atoms with E-state index >= 15 is 0 Å². The molecule has 0 bridgehead atoms. The molecule has 4 nitrogen and oxygen atoms in total. The maximum atomic E-state index is 10.2.